The molecule has 8 heteroatoms. The zero-order valence-corrected chi connectivity index (χ0v) is 16.2. The van der Waals surface area contributed by atoms with Crippen LogP contribution in [0.4, 0.5) is 5.69 Å². The second-order valence-electron chi connectivity index (χ2n) is 6.57. The predicted molar refractivity (Wildman–Crippen MR) is 110 cm³/mol. The third-order valence-electron chi connectivity index (χ3n) is 4.56. The maximum atomic E-state index is 12.6. The van der Waals surface area contributed by atoms with E-state index in [-0.39, 0.29) is 34.3 Å². The molecule has 0 aromatic heterocycles. The standard InChI is InChI=1S/C23H15NO7/c1-29-17-4-2-3-14(11-17)12-21-22(25)19-10-9-18(13-20(19)31-21)30-23(26)15-5-7-16(8-6-15)24(27)28/h2-13H,1H3. The van der Waals surface area contributed by atoms with Crippen LogP contribution in [0.1, 0.15) is 26.3 Å². The number of carbonyl (C=O) groups excluding carboxylic acids is 2. The van der Waals surface area contributed by atoms with E-state index in [1.807, 2.05) is 6.07 Å². The number of ketones is 1. The lowest BCUT2D eigenvalue weighted by Gasteiger charge is -2.05. The molecule has 0 radical (unpaired) electrons. The Kier molecular flexibility index (Phi) is 5.19. The summed E-state index contributed by atoms with van der Waals surface area (Å²) in [5.41, 5.74) is 1.11. The fourth-order valence-corrected chi connectivity index (χ4v) is 3.00. The number of methoxy groups -OCH3 is 1. The van der Waals surface area contributed by atoms with Crippen molar-refractivity contribution in [3.05, 3.63) is 99.3 Å². The van der Waals surface area contributed by atoms with Crippen LogP contribution in [-0.4, -0.2) is 23.8 Å². The van der Waals surface area contributed by atoms with E-state index in [4.69, 9.17) is 14.2 Å². The molecule has 4 rings (SSSR count). The minimum absolute atomic E-state index is 0.128. The molecule has 0 amide bonds. The number of hydrogen-bond acceptors (Lipinski definition) is 7. The van der Waals surface area contributed by atoms with Gasteiger partial charge in [0.15, 0.2) is 5.76 Å². The highest BCUT2D eigenvalue weighted by molar-refractivity contribution is 6.14. The van der Waals surface area contributed by atoms with Crippen LogP contribution >= 0.6 is 0 Å². The molecule has 3 aromatic rings. The number of nitro benzene ring substituents is 1. The van der Waals surface area contributed by atoms with Gasteiger partial charge in [-0.15, -0.1) is 0 Å². The molecule has 0 atom stereocenters. The van der Waals surface area contributed by atoms with Crippen LogP contribution in [0.5, 0.6) is 17.2 Å². The molecule has 8 nitrogen and oxygen atoms in total. The molecule has 0 saturated carbocycles. The second-order valence-corrected chi connectivity index (χ2v) is 6.57. The monoisotopic (exact) mass is 417 g/mol. The van der Waals surface area contributed by atoms with Gasteiger partial charge in [-0.05, 0) is 48.0 Å². The lowest BCUT2D eigenvalue weighted by atomic mass is 10.1. The first-order valence-corrected chi connectivity index (χ1v) is 9.13. The van der Waals surface area contributed by atoms with Crippen LogP contribution in [0.3, 0.4) is 0 Å². The molecule has 1 heterocycles. The molecule has 0 N–H and O–H groups in total. The summed E-state index contributed by atoms with van der Waals surface area (Å²) >= 11 is 0. The van der Waals surface area contributed by atoms with Gasteiger partial charge in [0.1, 0.15) is 17.2 Å². The summed E-state index contributed by atoms with van der Waals surface area (Å²) in [7, 11) is 1.55. The average molecular weight is 417 g/mol. The highest BCUT2D eigenvalue weighted by Gasteiger charge is 2.28. The fraction of sp³-hybridized carbons (Fsp3) is 0.0435. The number of allylic oxidation sites excluding steroid dienone is 1. The van der Waals surface area contributed by atoms with Crippen LogP contribution in [0.25, 0.3) is 6.08 Å². The van der Waals surface area contributed by atoms with Crippen LogP contribution in [0.2, 0.25) is 0 Å². The van der Waals surface area contributed by atoms with Gasteiger partial charge in [-0.2, -0.15) is 0 Å². The van der Waals surface area contributed by atoms with E-state index in [1.165, 1.54) is 42.5 Å². The number of carbonyl (C=O) groups is 2. The van der Waals surface area contributed by atoms with Gasteiger partial charge in [0.2, 0.25) is 5.78 Å². The number of non-ortho nitro benzene ring substituents is 1. The maximum Gasteiger partial charge on any atom is 0.343 e. The average Bonchev–Trinajstić information content (AvgIpc) is 3.08. The zero-order chi connectivity index (χ0) is 22.0. The van der Waals surface area contributed by atoms with Gasteiger partial charge in [-0.3, -0.25) is 14.9 Å². The van der Waals surface area contributed by atoms with E-state index in [0.29, 0.717) is 11.3 Å². The number of benzene rings is 3. The molecule has 0 saturated heterocycles. The Morgan fingerprint density at radius 3 is 2.52 bits per heavy atom. The molecule has 0 aliphatic carbocycles. The van der Waals surface area contributed by atoms with E-state index in [2.05, 4.69) is 0 Å². The third-order valence-corrected chi connectivity index (χ3v) is 4.56. The molecule has 31 heavy (non-hydrogen) atoms. The summed E-state index contributed by atoms with van der Waals surface area (Å²) in [5.74, 6) is 0.267. The van der Waals surface area contributed by atoms with Crippen molar-refractivity contribution in [3.8, 4) is 17.2 Å². The number of esters is 1. The largest absolute Gasteiger partial charge is 0.497 e. The fourth-order valence-electron chi connectivity index (χ4n) is 3.00. The Hall–Kier alpha value is -4.46. The minimum Gasteiger partial charge on any atom is -0.497 e. The lowest BCUT2D eigenvalue weighted by Crippen LogP contribution is -2.08. The van der Waals surface area contributed by atoms with E-state index < -0.39 is 10.9 Å². The summed E-state index contributed by atoms with van der Waals surface area (Å²) in [5, 5.41) is 10.7. The molecule has 0 unspecified atom stereocenters. The van der Waals surface area contributed by atoms with Gasteiger partial charge in [0.05, 0.1) is 23.2 Å². The van der Waals surface area contributed by atoms with Crippen LogP contribution in [0.15, 0.2) is 72.5 Å². The first kappa shape index (κ1) is 19.8. The van der Waals surface area contributed by atoms with Crippen molar-refractivity contribution >= 4 is 23.5 Å². The number of hydrogen-bond donors (Lipinski definition) is 0. The predicted octanol–water partition coefficient (Wildman–Crippen LogP) is 4.44. The van der Waals surface area contributed by atoms with Crippen molar-refractivity contribution in [1.29, 1.82) is 0 Å². The summed E-state index contributed by atoms with van der Waals surface area (Å²) in [6, 6.07) is 16.7. The van der Waals surface area contributed by atoms with Gasteiger partial charge in [-0.25, -0.2) is 4.79 Å². The minimum atomic E-state index is -0.689. The molecule has 1 aliphatic rings. The van der Waals surface area contributed by atoms with Crippen LogP contribution in [-0.2, 0) is 0 Å². The van der Waals surface area contributed by atoms with Crippen LogP contribution in [0, 0.1) is 10.1 Å². The van der Waals surface area contributed by atoms with Gasteiger partial charge in [-0.1, -0.05) is 12.1 Å². The van der Waals surface area contributed by atoms with Crippen molar-refractivity contribution in [2.75, 3.05) is 7.11 Å². The Labute approximate surface area is 176 Å². The van der Waals surface area contributed by atoms with Gasteiger partial charge >= 0.3 is 5.97 Å². The molecule has 3 aromatic carbocycles. The normalized spacial score (nSPS) is 13.5. The number of nitro groups is 1. The number of Topliss-reactive ketones (excluding diaryl/α,β-unsaturated/α-hetero) is 1. The molecule has 0 spiro atoms. The summed E-state index contributed by atoms with van der Waals surface area (Å²) in [4.78, 5) is 35.1. The quantitative estimate of drug-likeness (QED) is 0.199. The van der Waals surface area contributed by atoms with Crippen molar-refractivity contribution in [1.82, 2.24) is 0 Å². The Bertz CT molecular complexity index is 1230. The summed E-state index contributed by atoms with van der Waals surface area (Å²) in [6.07, 6.45) is 1.60. The molecular formula is C23H15NO7. The van der Waals surface area contributed by atoms with E-state index >= 15 is 0 Å². The van der Waals surface area contributed by atoms with E-state index in [9.17, 15) is 19.7 Å². The maximum absolute atomic E-state index is 12.6. The first-order valence-electron chi connectivity index (χ1n) is 9.13. The summed E-state index contributed by atoms with van der Waals surface area (Å²) < 4.78 is 16.2. The molecule has 1 aliphatic heterocycles. The van der Waals surface area contributed by atoms with Crippen molar-refractivity contribution in [2.45, 2.75) is 0 Å². The smallest absolute Gasteiger partial charge is 0.343 e. The summed E-state index contributed by atoms with van der Waals surface area (Å²) in [6.45, 7) is 0. The van der Waals surface area contributed by atoms with E-state index in [1.54, 1.807) is 31.4 Å². The Balaban J connectivity index is 1.52. The zero-order valence-electron chi connectivity index (χ0n) is 16.2. The Morgan fingerprint density at radius 1 is 1.03 bits per heavy atom. The van der Waals surface area contributed by atoms with Crippen molar-refractivity contribution < 1.29 is 28.7 Å². The third kappa shape index (κ3) is 4.13. The van der Waals surface area contributed by atoms with Gasteiger partial charge in [0, 0.05) is 18.2 Å². The SMILES string of the molecule is COc1cccc(C=C2Oc3cc(OC(=O)c4ccc([N+](=O)[O-])cc4)ccc3C2=O)c1. The highest BCUT2D eigenvalue weighted by atomic mass is 16.6. The van der Waals surface area contributed by atoms with Gasteiger partial charge < -0.3 is 14.2 Å². The van der Waals surface area contributed by atoms with Gasteiger partial charge in [0.25, 0.3) is 5.69 Å². The highest BCUT2D eigenvalue weighted by Crippen LogP contribution is 2.35. The molecular weight excluding hydrogens is 402 g/mol. The first-order chi connectivity index (χ1) is 14.9. The van der Waals surface area contributed by atoms with Crippen molar-refractivity contribution in [2.24, 2.45) is 0 Å². The molecule has 0 bridgehead atoms. The number of ether oxygens (including phenoxy) is 3. The molecule has 0 fully saturated rings. The van der Waals surface area contributed by atoms with Crippen LogP contribution < -0.4 is 14.2 Å². The topological polar surface area (TPSA) is 105 Å². The molecule has 154 valence electrons. The Morgan fingerprint density at radius 2 is 1.81 bits per heavy atom. The van der Waals surface area contributed by atoms with Crippen molar-refractivity contribution in [3.63, 3.8) is 0 Å². The lowest BCUT2D eigenvalue weighted by molar-refractivity contribution is -0.384. The number of rotatable bonds is 5. The van der Waals surface area contributed by atoms with E-state index in [0.717, 1.165) is 5.56 Å². The number of fused-ring (bicyclic) bond motifs is 1. The second kappa shape index (κ2) is 8.11. The number of nitrogens with zero attached hydrogens (tertiary/aromatic N) is 1.